The maximum absolute atomic E-state index is 3.12. The molecule has 0 saturated heterocycles. The summed E-state index contributed by atoms with van der Waals surface area (Å²) in [5, 5.41) is 0. The quantitative estimate of drug-likeness (QED) is 0.571. The molecule has 0 spiro atoms. The van der Waals surface area contributed by atoms with E-state index in [4.69, 9.17) is 0 Å². The third-order valence-electron chi connectivity index (χ3n) is 0.289. The second kappa shape index (κ2) is 3.05. The Morgan fingerprint density at radius 3 is 1.80 bits per heavy atom. The third kappa shape index (κ3) is 4.84. The van der Waals surface area contributed by atoms with Crippen LogP contribution in [0.3, 0.4) is 0 Å². The van der Waals surface area contributed by atoms with Crippen LogP contribution in [0.25, 0.3) is 0 Å². The average molecular weight is 149 g/mol. The standard InChI is InChI=1S/C3H8N.Zr/c1-3(2)4;/h3-4H,1-2H3;/q-1;+1. The van der Waals surface area contributed by atoms with Crippen LogP contribution in [0.5, 0.6) is 0 Å². The molecule has 0 heterocycles. The first kappa shape index (κ1) is 5.84. The van der Waals surface area contributed by atoms with Gasteiger partial charge in [0.15, 0.2) is 0 Å². The molecule has 0 atom stereocenters. The molecule has 0 aromatic rings. The zero-order valence-corrected chi connectivity index (χ0v) is 6.04. The second-order valence-corrected chi connectivity index (χ2v) is 2.01. The third-order valence-corrected chi connectivity index (χ3v) is 1.71. The van der Waals surface area contributed by atoms with Crippen molar-refractivity contribution in [1.82, 2.24) is 3.26 Å². The maximum atomic E-state index is 3.12. The fraction of sp³-hybridized carbons (Fsp3) is 1.00. The summed E-state index contributed by atoms with van der Waals surface area (Å²) in [5.41, 5.74) is 0. The van der Waals surface area contributed by atoms with Crippen LogP contribution < -0.4 is 3.26 Å². The van der Waals surface area contributed by atoms with Crippen LogP contribution >= 0.6 is 0 Å². The van der Waals surface area contributed by atoms with Crippen molar-refractivity contribution in [3.8, 4) is 0 Å². The number of rotatable bonds is 1. The van der Waals surface area contributed by atoms with Crippen LogP contribution in [0.15, 0.2) is 0 Å². The van der Waals surface area contributed by atoms with Crippen LogP contribution in [-0.2, 0) is 25.0 Å². The first-order valence-corrected chi connectivity index (χ1v) is 2.92. The van der Waals surface area contributed by atoms with Gasteiger partial charge in [0.25, 0.3) is 0 Å². The monoisotopic (exact) mass is 148 g/mol. The molecule has 2 heteroatoms. The van der Waals surface area contributed by atoms with E-state index in [1.54, 1.807) is 0 Å². The molecule has 0 unspecified atom stereocenters. The molecule has 0 saturated carbocycles. The Morgan fingerprint density at radius 2 is 1.80 bits per heavy atom. The van der Waals surface area contributed by atoms with E-state index >= 15 is 0 Å². The normalized spacial score (nSPS) is 9.20. The zero-order valence-electron chi connectivity index (χ0n) is 3.58. The van der Waals surface area contributed by atoms with Gasteiger partial charge in [0.05, 0.1) is 0 Å². The van der Waals surface area contributed by atoms with E-state index in [1.807, 2.05) is 0 Å². The van der Waals surface area contributed by atoms with Gasteiger partial charge in [-0.1, -0.05) is 0 Å². The summed E-state index contributed by atoms with van der Waals surface area (Å²) in [6.07, 6.45) is 0. The van der Waals surface area contributed by atoms with Crippen molar-refractivity contribution in [2.24, 2.45) is 0 Å². The van der Waals surface area contributed by atoms with E-state index in [9.17, 15) is 0 Å². The molecule has 0 rings (SSSR count). The SMILES string of the molecule is CC(C)[NH][Zr]. The Morgan fingerprint density at radius 1 is 1.60 bits per heavy atom. The fourth-order valence-corrected chi connectivity index (χ4v) is 0. The first-order chi connectivity index (χ1) is 2.27. The Bertz CT molecular complexity index is 20.9. The van der Waals surface area contributed by atoms with Gasteiger partial charge in [0.1, 0.15) is 0 Å². The molecule has 1 N–H and O–H groups in total. The molecule has 0 aromatic heterocycles. The second-order valence-electron chi connectivity index (χ2n) is 1.30. The summed E-state index contributed by atoms with van der Waals surface area (Å²) in [4.78, 5) is 0. The number of hydrogen-bond acceptors (Lipinski definition) is 1. The summed E-state index contributed by atoms with van der Waals surface area (Å²) in [6, 6.07) is 0.674. The van der Waals surface area contributed by atoms with Crippen molar-refractivity contribution in [1.29, 1.82) is 0 Å². The van der Waals surface area contributed by atoms with Gasteiger partial charge in [-0.3, -0.25) is 0 Å². The zero-order chi connectivity index (χ0) is 4.28. The number of hydrogen-bond donors (Lipinski definition) is 1. The van der Waals surface area contributed by atoms with Gasteiger partial charge in [-0.2, -0.15) is 0 Å². The van der Waals surface area contributed by atoms with Crippen molar-refractivity contribution in [2.45, 2.75) is 19.9 Å². The summed E-state index contributed by atoms with van der Waals surface area (Å²) < 4.78 is 3.12. The average Bonchev–Trinajstić information content (AvgIpc) is 1.38. The van der Waals surface area contributed by atoms with Gasteiger partial charge in [-0.25, -0.2) is 0 Å². The molecule has 0 aliphatic rings. The Labute approximate surface area is 48.4 Å². The van der Waals surface area contributed by atoms with Gasteiger partial charge in [0.2, 0.25) is 0 Å². The fourth-order valence-electron chi connectivity index (χ4n) is 0. The van der Waals surface area contributed by atoms with Gasteiger partial charge < -0.3 is 0 Å². The van der Waals surface area contributed by atoms with Crippen molar-refractivity contribution >= 4 is 0 Å². The van der Waals surface area contributed by atoms with Crippen molar-refractivity contribution in [2.75, 3.05) is 0 Å². The molecule has 0 fully saturated rings. The topological polar surface area (TPSA) is 12.0 Å². The summed E-state index contributed by atoms with van der Waals surface area (Å²) in [6.45, 7) is 4.27. The van der Waals surface area contributed by atoms with Gasteiger partial charge >= 0.3 is 48.2 Å². The van der Waals surface area contributed by atoms with Crippen LogP contribution in [0.2, 0.25) is 0 Å². The van der Waals surface area contributed by atoms with E-state index < -0.39 is 0 Å². The summed E-state index contributed by atoms with van der Waals surface area (Å²) >= 11 is 1.41. The molecule has 0 aliphatic heterocycles. The molecule has 0 radical (unpaired) electrons. The van der Waals surface area contributed by atoms with Gasteiger partial charge in [0, 0.05) is 0 Å². The van der Waals surface area contributed by atoms with E-state index in [2.05, 4.69) is 17.1 Å². The molecule has 0 bridgehead atoms. The van der Waals surface area contributed by atoms with Crippen molar-refractivity contribution < 1.29 is 25.0 Å². The van der Waals surface area contributed by atoms with Crippen molar-refractivity contribution in [3.05, 3.63) is 0 Å². The molecule has 1 nitrogen and oxygen atoms in total. The minimum atomic E-state index is 0.674. The van der Waals surface area contributed by atoms with Gasteiger partial charge in [-0.15, -0.1) is 0 Å². The first-order valence-electron chi connectivity index (χ1n) is 1.69. The van der Waals surface area contributed by atoms with Crippen LogP contribution in [0.1, 0.15) is 13.8 Å². The van der Waals surface area contributed by atoms with Crippen molar-refractivity contribution in [3.63, 3.8) is 0 Å². The number of nitrogens with one attached hydrogen (secondary N) is 1. The molecule has 29 valence electrons. The Hall–Kier alpha value is 0.843. The van der Waals surface area contributed by atoms with E-state index in [1.165, 1.54) is 25.0 Å². The molecule has 5 heavy (non-hydrogen) atoms. The Kier molecular flexibility index (Phi) is 3.56. The van der Waals surface area contributed by atoms with Gasteiger partial charge in [-0.05, 0) is 0 Å². The predicted molar refractivity (Wildman–Crippen MR) is 18.3 cm³/mol. The van der Waals surface area contributed by atoms with E-state index in [0.29, 0.717) is 6.04 Å². The molecular weight excluding hydrogens is 141 g/mol. The Balaban J connectivity index is 2.54. The molecule has 0 aromatic carbocycles. The van der Waals surface area contributed by atoms with E-state index in [-0.39, 0.29) is 0 Å². The predicted octanol–water partition coefficient (Wildman–Crippen LogP) is 0.446. The summed E-state index contributed by atoms with van der Waals surface area (Å²) in [5.74, 6) is 0. The minimum absolute atomic E-state index is 0.674. The molecular formula is C3H8NZr. The summed E-state index contributed by atoms with van der Waals surface area (Å²) in [7, 11) is 0. The van der Waals surface area contributed by atoms with Crippen LogP contribution in [0, 0.1) is 0 Å². The van der Waals surface area contributed by atoms with E-state index in [0.717, 1.165) is 0 Å². The van der Waals surface area contributed by atoms with Crippen LogP contribution in [-0.4, -0.2) is 6.04 Å². The molecule has 0 aliphatic carbocycles. The molecule has 0 amide bonds. The van der Waals surface area contributed by atoms with Crippen LogP contribution in [0.4, 0.5) is 0 Å².